The number of aromatic nitrogens is 3. The molecule has 1 fully saturated rings. The molecule has 1 aliphatic rings. The van der Waals surface area contributed by atoms with Gasteiger partial charge in [0, 0.05) is 12.1 Å². The van der Waals surface area contributed by atoms with Crippen LogP contribution in [0, 0.1) is 0 Å². The van der Waals surface area contributed by atoms with Gasteiger partial charge in [0.1, 0.15) is 5.15 Å². The molecule has 19 heavy (non-hydrogen) atoms. The number of fused-ring (bicyclic) bond motifs is 1. The van der Waals surface area contributed by atoms with E-state index in [-0.39, 0.29) is 5.69 Å². The molecule has 0 saturated heterocycles. The first kappa shape index (κ1) is 13.9. The van der Waals surface area contributed by atoms with Crippen LogP contribution in [0.15, 0.2) is 30.2 Å². The van der Waals surface area contributed by atoms with Crippen LogP contribution < -0.4 is 5.69 Å². The summed E-state index contributed by atoms with van der Waals surface area (Å²) in [7, 11) is 0. The van der Waals surface area contributed by atoms with E-state index >= 15 is 0 Å². The van der Waals surface area contributed by atoms with Crippen molar-refractivity contribution in [1.29, 1.82) is 0 Å². The lowest BCUT2D eigenvalue weighted by atomic mass is 9.95. The molecule has 1 aliphatic carbocycles. The third kappa shape index (κ3) is 2.73. The summed E-state index contributed by atoms with van der Waals surface area (Å²) in [5.74, 6) is 0. The molecule has 0 spiro atoms. The summed E-state index contributed by atoms with van der Waals surface area (Å²) >= 11 is 5.90. The van der Waals surface area contributed by atoms with Crippen molar-refractivity contribution in [1.82, 2.24) is 14.5 Å². The summed E-state index contributed by atoms with van der Waals surface area (Å²) < 4.78 is 1.85. The van der Waals surface area contributed by atoms with Gasteiger partial charge in [0.2, 0.25) is 0 Å². The zero-order valence-electron chi connectivity index (χ0n) is 10.9. The summed E-state index contributed by atoms with van der Waals surface area (Å²) in [4.78, 5) is 18.8. The maximum absolute atomic E-state index is 12.0. The van der Waals surface area contributed by atoms with E-state index in [1.54, 1.807) is 12.3 Å². The third-order valence-corrected chi connectivity index (χ3v) is 3.72. The molecule has 0 aliphatic heterocycles. The van der Waals surface area contributed by atoms with Crippen molar-refractivity contribution in [3.63, 3.8) is 0 Å². The normalized spacial score (nSPS) is 16.1. The zero-order valence-corrected chi connectivity index (χ0v) is 11.6. The Bertz CT molecular complexity index is 611. The van der Waals surface area contributed by atoms with Crippen LogP contribution in [-0.2, 0) is 0 Å². The smallest absolute Gasteiger partial charge is 0.304 e. The van der Waals surface area contributed by atoms with Gasteiger partial charge in [-0.3, -0.25) is 4.57 Å². The number of hydrogen-bond acceptors (Lipinski definition) is 2. The fourth-order valence-electron chi connectivity index (χ4n) is 2.70. The van der Waals surface area contributed by atoms with Crippen molar-refractivity contribution in [3.05, 3.63) is 41.1 Å². The van der Waals surface area contributed by atoms with Gasteiger partial charge in [-0.2, -0.15) is 0 Å². The number of rotatable bonds is 1. The molecular formula is C14H18ClN3O. The lowest BCUT2D eigenvalue weighted by molar-refractivity contribution is 0.353. The number of halogens is 1. The van der Waals surface area contributed by atoms with Crippen molar-refractivity contribution in [2.24, 2.45) is 0 Å². The average molecular weight is 280 g/mol. The van der Waals surface area contributed by atoms with Crippen LogP contribution in [-0.4, -0.2) is 14.5 Å². The highest BCUT2D eigenvalue weighted by Crippen LogP contribution is 2.29. The Morgan fingerprint density at radius 2 is 2.00 bits per heavy atom. The quantitative estimate of drug-likeness (QED) is 0.639. The monoisotopic (exact) mass is 279 g/mol. The van der Waals surface area contributed by atoms with E-state index in [2.05, 4.69) is 23.1 Å². The van der Waals surface area contributed by atoms with Crippen molar-refractivity contribution >= 4 is 22.6 Å². The van der Waals surface area contributed by atoms with Crippen LogP contribution in [0.3, 0.4) is 0 Å². The van der Waals surface area contributed by atoms with Gasteiger partial charge in [-0.15, -0.1) is 13.2 Å². The minimum atomic E-state index is -0.0454. The number of H-pyrrole nitrogens is 1. The molecule has 0 unspecified atom stereocenters. The van der Waals surface area contributed by atoms with E-state index in [1.165, 1.54) is 19.3 Å². The number of nitrogens with one attached hydrogen (secondary N) is 1. The maximum Gasteiger partial charge on any atom is 0.326 e. The molecule has 2 aromatic heterocycles. The molecule has 3 rings (SSSR count). The molecular weight excluding hydrogens is 262 g/mol. The minimum absolute atomic E-state index is 0.0454. The Kier molecular flexibility index (Phi) is 4.43. The highest BCUT2D eigenvalue weighted by molar-refractivity contribution is 6.29. The predicted molar refractivity (Wildman–Crippen MR) is 78.7 cm³/mol. The Balaban J connectivity index is 0.000000637. The summed E-state index contributed by atoms with van der Waals surface area (Å²) in [5, 5.41) is 0.432. The van der Waals surface area contributed by atoms with Gasteiger partial charge in [0.25, 0.3) is 0 Å². The molecule has 2 heterocycles. The number of aromatic amines is 1. The molecule has 102 valence electrons. The number of nitrogens with zero attached hydrogens (tertiary/aromatic N) is 2. The SMILES string of the molecule is C=C.O=c1[nH]c2cnc(Cl)cc2n1C1CCCCC1. The van der Waals surface area contributed by atoms with E-state index in [0.717, 1.165) is 23.9 Å². The zero-order chi connectivity index (χ0) is 13.8. The number of imidazole rings is 1. The van der Waals surface area contributed by atoms with Crippen LogP contribution >= 0.6 is 11.6 Å². The lowest BCUT2D eigenvalue weighted by Crippen LogP contribution is -2.23. The highest BCUT2D eigenvalue weighted by atomic mass is 35.5. The molecule has 4 nitrogen and oxygen atoms in total. The molecule has 0 bridgehead atoms. The van der Waals surface area contributed by atoms with E-state index < -0.39 is 0 Å². The lowest BCUT2D eigenvalue weighted by Gasteiger charge is -2.22. The summed E-state index contributed by atoms with van der Waals surface area (Å²) in [5.41, 5.74) is 1.60. The van der Waals surface area contributed by atoms with E-state index in [1.807, 2.05) is 4.57 Å². The molecule has 2 aromatic rings. The first-order chi connectivity index (χ1) is 9.25. The van der Waals surface area contributed by atoms with E-state index in [9.17, 15) is 4.79 Å². The largest absolute Gasteiger partial charge is 0.326 e. The molecule has 0 amide bonds. The molecule has 5 heteroatoms. The van der Waals surface area contributed by atoms with Gasteiger partial charge in [-0.05, 0) is 12.8 Å². The molecule has 1 saturated carbocycles. The van der Waals surface area contributed by atoms with Crippen molar-refractivity contribution in [2.75, 3.05) is 0 Å². The second-order valence-electron chi connectivity index (χ2n) is 4.62. The summed E-state index contributed by atoms with van der Waals surface area (Å²) in [6, 6.07) is 2.08. The number of hydrogen-bond donors (Lipinski definition) is 1. The van der Waals surface area contributed by atoms with Crippen LogP contribution in [0.5, 0.6) is 0 Å². The second-order valence-corrected chi connectivity index (χ2v) is 5.00. The van der Waals surface area contributed by atoms with Crippen LogP contribution in [0.1, 0.15) is 38.1 Å². The Morgan fingerprint density at radius 3 is 2.68 bits per heavy atom. The fourth-order valence-corrected chi connectivity index (χ4v) is 2.85. The first-order valence-corrected chi connectivity index (χ1v) is 6.89. The Labute approximate surface area is 117 Å². The van der Waals surface area contributed by atoms with E-state index in [0.29, 0.717) is 11.2 Å². The highest BCUT2D eigenvalue weighted by Gasteiger charge is 2.19. The minimum Gasteiger partial charge on any atom is -0.304 e. The third-order valence-electron chi connectivity index (χ3n) is 3.51. The van der Waals surface area contributed by atoms with Crippen molar-refractivity contribution in [2.45, 2.75) is 38.1 Å². The second kappa shape index (κ2) is 6.06. The fraction of sp³-hybridized carbons (Fsp3) is 0.429. The predicted octanol–water partition coefficient (Wildman–Crippen LogP) is 3.69. The number of pyridine rings is 1. The van der Waals surface area contributed by atoms with Gasteiger partial charge in [-0.1, -0.05) is 30.9 Å². The van der Waals surface area contributed by atoms with Gasteiger partial charge in [-0.25, -0.2) is 9.78 Å². The maximum atomic E-state index is 12.0. The van der Waals surface area contributed by atoms with E-state index in [4.69, 9.17) is 11.6 Å². The van der Waals surface area contributed by atoms with Crippen molar-refractivity contribution < 1.29 is 0 Å². The summed E-state index contributed by atoms with van der Waals surface area (Å²) in [6.07, 6.45) is 7.44. The molecule has 0 aromatic carbocycles. The Morgan fingerprint density at radius 1 is 1.32 bits per heavy atom. The van der Waals surface area contributed by atoms with Crippen LogP contribution in [0.4, 0.5) is 0 Å². The Hall–Kier alpha value is -1.55. The van der Waals surface area contributed by atoms with Gasteiger partial charge in [0.15, 0.2) is 0 Å². The average Bonchev–Trinajstić information content (AvgIpc) is 2.77. The first-order valence-electron chi connectivity index (χ1n) is 6.51. The topological polar surface area (TPSA) is 50.7 Å². The molecule has 1 N–H and O–H groups in total. The summed E-state index contributed by atoms with van der Waals surface area (Å²) in [6.45, 7) is 6.00. The van der Waals surface area contributed by atoms with Crippen LogP contribution in [0.25, 0.3) is 11.0 Å². The molecule has 0 radical (unpaired) electrons. The van der Waals surface area contributed by atoms with Gasteiger partial charge < -0.3 is 4.98 Å². The molecule has 0 atom stereocenters. The van der Waals surface area contributed by atoms with Gasteiger partial charge >= 0.3 is 5.69 Å². The van der Waals surface area contributed by atoms with Crippen molar-refractivity contribution in [3.8, 4) is 0 Å². The van der Waals surface area contributed by atoms with Crippen LogP contribution in [0.2, 0.25) is 5.15 Å². The van der Waals surface area contributed by atoms with Gasteiger partial charge in [0.05, 0.1) is 17.2 Å². The standard InChI is InChI=1S/C12H14ClN3O.C2H4/c13-11-6-10-9(7-14-11)15-12(17)16(10)8-4-2-1-3-5-8;1-2/h6-8H,1-5H2,(H,15,17);1-2H2.